The van der Waals surface area contributed by atoms with E-state index in [1.807, 2.05) is 19.1 Å². The van der Waals surface area contributed by atoms with Gasteiger partial charge >= 0.3 is 0 Å². The predicted molar refractivity (Wildman–Crippen MR) is 72.4 cm³/mol. The molecule has 16 heavy (non-hydrogen) atoms. The zero-order valence-electron chi connectivity index (χ0n) is 8.87. The molecule has 3 nitrogen and oxygen atoms in total. The lowest BCUT2D eigenvalue weighted by Gasteiger charge is -2.10. The van der Waals surface area contributed by atoms with Gasteiger partial charge in [0, 0.05) is 22.5 Å². The molecule has 0 spiro atoms. The van der Waals surface area contributed by atoms with Gasteiger partial charge in [-0.15, -0.1) is 0 Å². The van der Waals surface area contributed by atoms with Gasteiger partial charge < -0.3 is 11.1 Å². The van der Waals surface area contributed by atoms with E-state index in [0.29, 0.717) is 17.1 Å². The highest BCUT2D eigenvalue weighted by Crippen LogP contribution is 2.11. The van der Waals surface area contributed by atoms with Crippen LogP contribution in [0.3, 0.4) is 0 Å². The van der Waals surface area contributed by atoms with Gasteiger partial charge in [-0.05, 0) is 18.2 Å². The monoisotopic (exact) mass is 300 g/mol. The molecule has 0 aliphatic heterocycles. The van der Waals surface area contributed by atoms with E-state index in [-0.39, 0.29) is 11.8 Å². The first-order valence-electron chi connectivity index (χ1n) is 4.84. The van der Waals surface area contributed by atoms with E-state index in [4.69, 9.17) is 18.0 Å². The number of nitrogens with one attached hydrogen (secondary N) is 1. The summed E-state index contributed by atoms with van der Waals surface area (Å²) in [6.07, 6.45) is 0. The van der Waals surface area contributed by atoms with Crippen LogP contribution in [-0.4, -0.2) is 17.4 Å². The molecule has 0 radical (unpaired) electrons. The molecule has 3 N–H and O–H groups in total. The second-order valence-corrected chi connectivity index (χ2v) is 4.91. The highest BCUT2D eigenvalue weighted by molar-refractivity contribution is 9.10. The van der Waals surface area contributed by atoms with E-state index >= 15 is 0 Å². The number of thiocarbonyl (C=S) groups is 1. The number of carbonyl (C=O) groups is 1. The summed E-state index contributed by atoms with van der Waals surface area (Å²) in [6.45, 7) is 2.34. The van der Waals surface area contributed by atoms with Crippen molar-refractivity contribution in [3.63, 3.8) is 0 Å². The fourth-order valence-corrected chi connectivity index (χ4v) is 1.56. The molecule has 1 amide bonds. The van der Waals surface area contributed by atoms with Crippen LogP contribution in [0.1, 0.15) is 17.3 Å². The van der Waals surface area contributed by atoms with Crippen LogP contribution in [0.15, 0.2) is 28.7 Å². The highest BCUT2D eigenvalue weighted by atomic mass is 79.9. The van der Waals surface area contributed by atoms with Gasteiger partial charge in [0.2, 0.25) is 0 Å². The van der Waals surface area contributed by atoms with Crippen molar-refractivity contribution in [2.75, 3.05) is 6.54 Å². The van der Waals surface area contributed by atoms with Gasteiger partial charge in [0.25, 0.3) is 5.91 Å². The van der Waals surface area contributed by atoms with Crippen LogP contribution in [0.25, 0.3) is 0 Å². The van der Waals surface area contributed by atoms with Crippen LogP contribution in [0, 0.1) is 5.92 Å². The van der Waals surface area contributed by atoms with Crippen LogP contribution in [0.4, 0.5) is 0 Å². The van der Waals surface area contributed by atoms with E-state index in [9.17, 15) is 4.79 Å². The summed E-state index contributed by atoms with van der Waals surface area (Å²) in [5.41, 5.74) is 6.07. The number of halogens is 1. The Hall–Kier alpha value is -0.940. The molecular weight excluding hydrogens is 288 g/mol. The first kappa shape index (κ1) is 13.1. The van der Waals surface area contributed by atoms with Crippen molar-refractivity contribution in [3.8, 4) is 0 Å². The summed E-state index contributed by atoms with van der Waals surface area (Å²) in [6, 6.07) is 7.21. The smallest absolute Gasteiger partial charge is 0.251 e. The Balaban J connectivity index is 2.56. The quantitative estimate of drug-likeness (QED) is 0.837. The lowest BCUT2D eigenvalue weighted by molar-refractivity contribution is 0.0951. The Morgan fingerprint density at radius 2 is 2.31 bits per heavy atom. The summed E-state index contributed by atoms with van der Waals surface area (Å²) in [5.74, 6) is -0.115. The lowest BCUT2D eigenvalue weighted by atomic mass is 10.1. The van der Waals surface area contributed by atoms with E-state index in [0.717, 1.165) is 4.47 Å². The average molecular weight is 301 g/mol. The maximum Gasteiger partial charge on any atom is 0.251 e. The number of amides is 1. The van der Waals surface area contributed by atoms with Gasteiger partial charge in [0.1, 0.15) is 0 Å². The standard InChI is InChI=1S/C11H13BrN2OS/c1-7(10(13)16)6-14-11(15)8-3-2-4-9(12)5-8/h2-5,7H,6H2,1H3,(H2,13,16)(H,14,15). The number of hydrogen-bond donors (Lipinski definition) is 2. The molecule has 0 saturated carbocycles. The Bertz CT molecular complexity index is 409. The number of hydrogen-bond acceptors (Lipinski definition) is 2. The third-order valence-electron chi connectivity index (χ3n) is 2.14. The number of carbonyl (C=O) groups excluding carboxylic acids is 1. The van der Waals surface area contributed by atoms with E-state index in [1.165, 1.54) is 0 Å². The lowest BCUT2D eigenvalue weighted by Crippen LogP contribution is -2.33. The predicted octanol–water partition coefficient (Wildman–Crippen LogP) is 2.10. The van der Waals surface area contributed by atoms with Crippen molar-refractivity contribution < 1.29 is 4.79 Å². The van der Waals surface area contributed by atoms with Crippen molar-refractivity contribution in [3.05, 3.63) is 34.3 Å². The van der Waals surface area contributed by atoms with Gasteiger partial charge in [0.15, 0.2) is 0 Å². The molecule has 0 heterocycles. The first-order chi connectivity index (χ1) is 7.50. The second kappa shape index (κ2) is 5.96. The summed E-state index contributed by atoms with van der Waals surface area (Å²) in [5, 5.41) is 2.78. The van der Waals surface area contributed by atoms with Crippen molar-refractivity contribution in [1.29, 1.82) is 0 Å². The van der Waals surface area contributed by atoms with Gasteiger partial charge in [0.05, 0.1) is 4.99 Å². The van der Waals surface area contributed by atoms with E-state index in [1.54, 1.807) is 12.1 Å². The zero-order valence-corrected chi connectivity index (χ0v) is 11.3. The largest absolute Gasteiger partial charge is 0.393 e. The number of benzene rings is 1. The molecule has 1 aromatic rings. The minimum absolute atomic E-state index is 0.00565. The van der Waals surface area contributed by atoms with E-state index in [2.05, 4.69) is 21.2 Å². The van der Waals surface area contributed by atoms with Crippen molar-refractivity contribution in [2.24, 2.45) is 11.7 Å². The van der Waals surface area contributed by atoms with Crippen LogP contribution in [0.2, 0.25) is 0 Å². The third kappa shape index (κ3) is 3.90. The van der Waals surface area contributed by atoms with Crippen LogP contribution < -0.4 is 11.1 Å². The molecule has 0 bridgehead atoms. The van der Waals surface area contributed by atoms with Crippen molar-refractivity contribution in [1.82, 2.24) is 5.32 Å². The normalized spacial score (nSPS) is 11.9. The maximum atomic E-state index is 11.7. The SMILES string of the molecule is CC(CNC(=O)c1cccc(Br)c1)C(N)=S. The topological polar surface area (TPSA) is 55.1 Å². The van der Waals surface area contributed by atoms with Gasteiger partial charge in [-0.1, -0.05) is 41.1 Å². The molecule has 1 unspecified atom stereocenters. The molecule has 5 heteroatoms. The second-order valence-electron chi connectivity index (χ2n) is 3.52. The summed E-state index contributed by atoms with van der Waals surface area (Å²) < 4.78 is 0.877. The molecule has 86 valence electrons. The Kier molecular flexibility index (Phi) is 4.89. The van der Waals surface area contributed by atoms with Gasteiger partial charge in [-0.3, -0.25) is 4.79 Å². The molecule has 0 fully saturated rings. The fourth-order valence-electron chi connectivity index (χ4n) is 1.08. The molecule has 1 aromatic carbocycles. The fraction of sp³-hybridized carbons (Fsp3) is 0.273. The number of rotatable bonds is 4. The molecule has 0 aliphatic rings. The van der Waals surface area contributed by atoms with Crippen molar-refractivity contribution >= 4 is 39.0 Å². The van der Waals surface area contributed by atoms with Crippen LogP contribution in [0.5, 0.6) is 0 Å². The van der Waals surface area contributed by atoms with Gasteiger partial charge in [-0.2, -0.15) is 0 Å². The van der Waals surface area contributed by atoms with Crippen molar-refractivity contribution in [2.45, 2.75) is 6.92 Å². The Morgan fingerprint density at radius 3 is 2.88 bits per heavy atom. The van der Waals surface area contributed by atoms with E-state index < -0.39 is 0 Å². The number of nitrogens with two attached hydrogens (primary N) is 1. The average Bonchev–Trinajstić information content (AvgIpc) is 2.25. The Morgan fingerprint density at radius 1 is 1.62 bits per heavy atom. The molecule has 1 rings (SSSR count). The Labute approximate surface area is 109 Å². The minimum atomic E-state index is -0.121. The van der Waals surface area contributed by atoms with Gasteiger partial charge in [-0.25, -0.2) is 0 Å². The maximum absolute atomic E-state index is 11.7. The minimum Gasteiger partial charge on any atom is -0.393 e. The molecular formula is C11H13BrN2OS. The summed E-state index contributed by atoms with van der Waals surface area (Å²) in [7, 11) is 0. The van der Waals surface area contributed by atoms with Crippen LogP contribution in [-0.2, 0) is 0 Å². The summed E-state index contributed by atoms with van der Waals surface area (Å²) in [4.78, 5) is 12.1. The highest BCUT2D eigenvalue weighted by Gasteiger charge is 2.09. The third-order valence-corrected chi connectivity index (χ3v) is 3.04. The molecule has 0 aromatic heterocycles. The molecule has 0 saturated heterocycles. The van der Waals surface area contributed by atoms with Crippen LogP contribution >= 0.6 is 28.1 Å². The zero-order chi connectivity index (χ0) is 12.1. The molecule has 0 aliphatic carbocycles. The molecule has 1 atom stereocenters. The summed E-state index contributed by atoms with van der Waals surface area (Å²) >= 11 is 8.14. The first-order valence-corrected chi connectivity index (χ1v) is 6.04.